The predicted octanol–water partition coefficient (Wildman–Crippen LogP) is 3.22. The van der Waals surface area contributed by atoms with Gasteiger partial charge in [-0.3, -0.25) is 19.7 Å². The number of nitrogens with zero attached hydrogens (tertiary/aromatic N) is 1. The predicted molar refractivity (Wildman–Crippen MR) is 99.2 cm³/mol. The number of rotatable bonds is 6. The van der Waals surface area contributed by atoms with Gasteiger partial charge in [0.2, 0.25) is 5.91 Å². The molecule has 0 unspecified atom stereocenters. The molecule has 2 rings (SSSR count). The van der Waals surface area contributed by atoms with Gasteiger partial charge >= 0.3 is 0 Å². The number of nitro benzene ring substituents is 1. The molecule has 0 heterocycles. The summed E-state index contributed by atoms with van der Waals surface area (Å²) >= 11 is 0. The SMILES string of the molecule is CCc1cccc(C)c1NC(=O)[C@H](C)NC(=O)c1cccc([N+](=O)[O-])c1. The van der Waals surface area contributed by atoms with E-state index in [2.05, 4.69) is 10.6 Å². The molecule has 0 aliphatic carbocycles. The van der Waals surface area contributed by atoms with E-state index in [4.69, 9.17) is 0 Å². The fraction of sp³-hybridized carbons (Fsp3) is 0.263. The van der Waals surface area contributed by atoms with E-state index < -0.39 is 16.9 Å². The molecule has 2 N–H and O–H groups in total. The van der Waals surface area contributed by atoms with E-state index in [0.717, 1.165) is 23.2 Å². The van der Waals surface area contributed by atoms with E-state index in [1.54, 1.807) is 6.92 Å². The van der Waals surface area contributed by atoms with Crippen molar-refractivity contribution in [1.29, 1.82) is 0 Å². The maximum Gasteiger partial charge on any atom is 0.270 e. The number of para-hydroxylation sites is 1. The minimum absolute atomic E-state index is 0.129. The quantitative estimate of drug-likeness (QED) is 0.613. The molecule has 0 aliphatic heterocycles. The van der Waals surface area contributed by atoms with Crippen LogP contribution in [0.4, 0.5) is 11.4 Å². The molecular weight excluding hydrogens is 334 g/mol. The molecule has 0 radical (unpaired) electrons. The summed E-state index contributed by atoms with van der Waals surface area (Å²) < 4.78 is 0. The Labute approximate surface area is 151 Å². The smallest absolute Gasteiger partial charge is 0.270 e. The third kappa shape index (κ3) is 4.44. The van der Waals surface area contributed by atoms with E-state index >= 15 is 0 Å². The molecule has 1 atom stereocenters. The number of hydrogen-bond donors (Lipinski definition) is 2. The highest BCUT2D eigenvalue weighted by molar-refractivity contribution is 6.01. The number of carbonyl (C=O) groups is 2. The summed E-state index contributed by atoms with van der Waals surface area (Å²) in [4.78, 5) is 34.9. The van der Waals surface area contributed by atoms with Crippen LogP contribution in [0.2, 0.25) is 0 Å². The van der Waals surface area contributed by atoms with Crippen molar-refractivity contribution in [3.63, 3.8) is 0 Å². The van der Waals surface area contributed by atoms with Crippen molar-refractivity contribution in [2.75, 3.05) is 5.32 Å². The van der Waals surface area contributed by atoms with Gasteiger partial charge in [0.1, 0.15) is 6.04 Å². The molecule has 0 fully saturated rings. The van der Waals surface area contributed by atoms with Gasteiger partial charge in [-0.15, -0.1) is 0 Å². The molecule has 0 aliphatic rings. The zero-order valence-corrected chi connectivity index (χ0v) is 14.9. The third-order valence-electron chi connectivity index (χ3n) is 4.05. The Morgan fingerprint density at radius 2 is 1.88 bits per heavy atom. The van der Waals surface area contributed by atoms with Crippen molar-refractivity contribution in [3.05, 3.63) is 69.3 Å². The zero-order valence-electron chi connectivity index (χ0n) is 14.9. The van der Waals surface area contributed by atoms with Crippen molar-refractivity contribution in [1.82, 2.24) is 5.32 Å². The molecule has 2 aromatic rings. The van der Waals surface area contributed by atoms with E-state index in [-0.39, 0.29) is 17.2 Å². The number of carbonyl (C=O) groups excluding carboxylic acids is 2. The molecule has 136 valence electrons. The summed E-state index contributed by atoms with van der Waals surface area (Å²) in [5.74, 6) is -0.898. The lowest BCUT2D eigenvalue weighted by Crippen LogP contribution is -2.41. The first-order chi connectivity index (χ1) is 12.3. The second kappa shape index (κ2) is 8.24. The third-order valence-corrected chi connectivity index (χ3v) is 4.05. The van der Waals surface area contributed by atoms with Gasteiger partial charge in [0.25, 0.3) is 11.6 Å². The first kappa shape index (κ1) is 19.1. The molecule has 7 heteroatoms. The molecule has 26 heavy (non-hydrogen) atoms. The van der Waals surface area contributed by atoms with Crippen LogP contribution in [0.25, 0.3) is 0 Å². The van der Waals surface area contributed by atoms with Crippen LogP contribution < -0.4 is 10.6 Å². The van der Waals surface area contributed by atoms with Gasteiger partial charge in [-0.05, 0) is 37.5 Å². The summed E-state index contributed by atoms with van der Waals surface area (Å²) in [5, 5.41) is 16.2. The number of anilines is 1. The minimum Gasteiger partial charge on any atom is -0.341 e. The van der Waals surface area contributed by atoms with Gasteiger partial charge in [0.05, 0.1) is 4.92 Å². The van der Waals surface area contributed by atoms with Gasteiger partial charge in [-0.25, -0.2) is 0 Å². The van der Waals surface area contributed by atoms with Gasteiger partial charge in [-0.1, -0.05) is 31.2 Å². The molecule has 7 nitrogen and oxygen atoms in total. The number of benzene rings is 2. The standard InChI is InChI=1S/C19H21N3O4/c1-4-14-8-5-7-12(2)17(14)21-18(23)13(3)20-19(24)15-9-6-10-16(11-15)22(25)26/h5-11,13H,4H2,1-3H3,(H,20,24)(H,21,23)/t13-/m0/s1. The van der Waals surface area contributed by atoms with E-state index in [1.165, 1.54) is 24.3 Å². The highest BCUT2D eigenvalue weighted by atomic mass is 16.6. The van der Waals surface area contributed by atoms with Crippen molar-refractivity contribution >= 4 is 23.2 Å². The number of nitro groups is 1. The van der Waals surface area contributed by atoms with Gasteiger partial charge in [-0.2, -0.15) is 0 Å². The second-order valence-electron chi connectivity index (χ2n) is 5.95. The lowest BCUT2D eigenvalue weighted by atomic mass is 10.1. The summed E-state index contributed by atoms with van der Waals surface area (Å²) in [7, 11) is 0. The van der Waals surface area contributed by atoms with Crippen molar-refractivity contribution in [2.45, 2.75) is 33.2 Å². The summed E-state index contributed by atoms with van der Waals surface area (Å²) in [6.07, 6.45) is 0.770. The molecule has 2 aromatic carbocycles. The van der Waals surface area contributed by atoms with Gasteiger partial charge < -0.3 is 10.6 Å². The fourth-order valence-electron chi connectivity index (χ4n) is 2.54. The molecule has 0 bridgehead atoms. The van der Waals surface area contributed by atoms with Gasteiger partial charge in [0, 0.05) is 23.4 Å². The normalized spacial score (nSPS) is 11.5. The topological polar surface area (TPSA) is 101 Å². The van der Waals surface area contributed by atoms with Crippen LogP contribution in [0.1, 0.15) is 35.3 Å². The van der Waals surface area contributed by atoms with Crippen LogP contribution in [0.3, 0.4) is 0 Å². The zero-order chi connectivity index (χ0) is 19.3. The number of non-ortho nitro benzene ring substituents is 1. The Hall–Kier alpha value is -3.22. The first-order valence-electron chi connectivity index (χ1n) is 8.28. The Balaban J connectivity index is 2.09. The van der Waals surface area contributed by atoms with Crippen LogP contribution in [-0.2, 0) is 11.2 Å². The molecule has 0 saturated heterocycles. The Morgan fingerprint density at radius 1 is 1.19 bits per heavy atom. The lowest BCUT2D eigenvalue weighted by molar-refractivity contribution is -0.384. The van der Waals surface area contributed by atoms with E-state index in [0.29, 0.717) is 0 Å². The maximum absolute atomic E-state index is 12.4. The maximum atomic E-state index is 12.4. The largest absolute Gasteiger partial charge is 0.341 e. The number of aryl methyl sites for hydroxylation is 2. The molecule has 0 spiro atoms. The number of amides is 2. The average molecular weight is 355 g/mol. The van der Waals surface area contributed by atoms with Crippen molar-refractivity contribution < 1.29 is 14.5 Å². The van der Waals surface area contributed by atoms with E-state index in [9.17, 15) is 19.7 Å². The average Bonchev–Trinajstić information content (AvgIpc) is 2.63. The number of hydrogen-bond acceptors (Lipinski definition) is 4. The second-order valence-corrected chi connectivity index (χ2v) is 5.95. The summed E-state index contributed by atoms with van der Waals surface area (Å²) in [5.41, 5.74) is 2.65. The van der Waals surface area contributed by atoms with Crippen LogP contribution >= 0.6 is 0 Å². The Bertz CT molecular complexity index is 848. The Kier molecular flexibility index (Phi) is 6.06. The highest BCUT2D eigenvalue weighted by Gasteiger charge is 2.19. The number of nitrogens with one attached hydrogen (secondary N) is 2. The van der Waals surface area contributed by atoms with Crippen LogP contribution in [-0.4, -0.2) is 22.8 Å². The van der Waals surface area contributed by atoms with Gasteiger partial charge in [0.15, 0.2) is 0 Å². The monoisotopic (exact) mass is 355 g/mol. The van der Waals surface area contributed by atoms with Crippen LogP contribution in [0.15, 0.2) is 42.5 Å². The molecular formula is C19H21N3O4. The van der Waals surface area contributed by atoms with E-state index in [1.807, 2.05) is 32.0 Å². The molecule has 2 amide bonds. The summed E-state index contributed by atoms with van der Waals surface area (Å²) in [6, 6.07) is 10.3. The van der Waals surface area contributed by atoms with Crippen LogP contribution in [0, 0.1) is 17.0 Å². The van der Waals surface area contributed by atoms with Crippen molar-refractivity contribution in [3.8, 4) is 0 Å². The van der Waals surface area contributed by atoms with Crippen LogP contribution in [0.5, 0.6) is 0 Å². The molecule has 0 aromatic heterocycles. The lowest BCUT2D eigenvalue weighted by Gasteiger charge is -2.17. The van der Waals surface area contributed by atoms with Crippen molar-refractivity contribution in [2.24, 2.45) is 0 Å². The first-order valence-corrected chi connectivity index (χ1v) is 8.28. The Morgan fingerprint density at radius 3 is 2.54 bits per heavy atom. The molecule has 0 saturated carbocycles. The highest BCUT2D eigenvalue weighted by Crippen LogP contribution is 2.21. The minimum atomic E-state index is -0.800. The fourth-order valence-corrected chi connectivity index (χ4v) is 2.54. The summed E-state index contributed by atoms with van der Waals surface area (Å²) in [6.45, 7) is 5.47.